The molecule has 1 fully saturated rings. The summed E-state index contributed by atoms with van der Waals surface area (Å²) in [5, 5.41) is 2.79. The Kier molecular flexibility index (Phi) is 4.83. The molecule has 1 aromatic carbocycles. The van der Waals surface area contributed by atoms with Crippen molar-refractivity contribution >= 4 is 11.9 Å². The molecule has 1 N–H and O–H groups in total. The Morgan fingerprint density at radius 2 is 1.86 bits per heavy atom. The van der Waals surface area contributed by atoms with Crippen LogP contribution >= 0.6 is 0 Å². The first-order chi connectivity index (χ1) is 9.94. The third-order valence-corrected chi connectivity index (χ3v) is 3.15. The van der Waals surface area contributed by atoms with E-state index in [9.17, 15) is 9.59 Å². The highest BCUT2D eigenvalue weighted by Crippen LogP contribution is 2.19. The van der Waals surface area contributed by atoms with Gasteiger partial charge < -0.3 is 14.8 Å². The number of esters is 1. The average Bonchev–Trinajstić information content (AvgIpc) is 3.19. The van der Waals surface area contributed by atoms with Crippen LogP contribution in [0.25, 0.3) is 0 Å². The zero-order chi connectivity index (χ0) is 15.4. The van der Waals surface area contributed by atoms with Gasteiger partial charge in [-0.25, -0.2) is 4.79 Å². The lowest BCUT2D eigenvalue weighted by Crippen LogP contribution is -2.37. The fraction of sp³-hybridized carbons (Fsp3) is 0.500. The SMILES string of the molecule is Cc1cc(C)cc(OCC(=O)O[C@H](C)C(=O)NC2CC2)c1. The van der Waals surface area contributed by atoms with Gasteiger partial charge in [0.05, 0.1) is 0 Å². The number of rotatable bonds is 6. The molecule has 21 heavy (non-hydrogen) atoms. The van der Waals surface area contributed by atoms with Crippen LogP contribution in [0, 0.1) is 13.8 Å². The Bertz CT molecular complexity index is 517. The Hall–Kier alpha value is -2.04. The Balaban J connectivity index is 1.77. The number of hydrogen-bond donors (Lipinski definition) is 1. The first-order valence-corrected chi connectivity index (χ1v) is 7.15. The van der Waals surface area contributed by atoms with E-state index in [1.165, 1.54) is 0 Å². The quantitative estimate of drug-likeness (QED) is 0.813. The second-order valence-electron chi connectivity index (χ2n) is 5.53. The van der Waals surface area contributed by atoms with E-state index < -0.39 is 12.1 Å². The average molecular weight is 291 g/mol. The van der Waals surface area contributed by atoms with Gasteiger partial charge in [0.15, 0.2) is 12.7 Å². The monoisotopic (exact) mass is 291 g/mol. The summed E-state index contributed by atoms with van der Waals surface area (Å²) in [4.78, 5) is 23.3. The van der Waals surface area contributed by atoms with Crippen molar-refractivity contribution in [1.82, 2.24) is 5.32 Å². The highest BCUT2D eigenvalue weighted by molar-refractivity contribution is 5.84. The van der Waals surface area contributed by atoms with Crippen molar-refractivity contribution in [1.29, 1.82) is 0 Å². The van der Waals surface area contributed by atoms with E-state index in [0.29, 0.717) is 5.75 Å². The van der Waals surface area contributed by atoms with Crippen molar-refractivity contribution in [3.05, 3.63) is 29.3 Å². The number of hydrogen-bond acceptors (Lipinski definition) is 4. The molecule has 0 radical (unpaired) electrons. The van der Waals surface area contributed by atoms with Crippen molar-refractivity contribution in [3.63, 3.8) is 0 Å². The third kappa shape index (κ3) is 5.10. The van der Waals surface area contributed by atoms with Crippen molar-refractivity contribution in [3.8, 4) is 5.75 Å². The maximum Gasteiger partial charge on any atom is 0.344 e. The predicted molar refractivity (Wildman–Crippen MR) is 78.1 cm³/mol. The van der Waals surface area contributed by atoms with E-state index in [2.05, 4.69) is 5.32 Å². The molecule has 2 rings (SSSR count). The van der Waals surface area contributed by atoms with E-state index in [4.69, 9.17) is 9.47 Å². The van der Waals surface area contributed by atoms with Crippen LogP contribution in [0.15, 0.2) is 18.2 Å². The second-order valence-corrected chi connectivity index (χ2v) is 5.53. The number of carbonyl (C=O) groups is 2. The summed E-state index contributed by atoms with van der Waals surface area (Å²) >= 11 is 0. The first kappa shape index (κ1) is 15.4. The lowest BCUT2D eigenvalue weighted by molar-refractivity contribution is -0.156. The summed E-state index contributed by atoms with van der Waals surface area (Å²) in [5.74, 6) is -0.176. The number of benzene rings is 1. The molecule has 0 unspecified atom stereocenters. The summed E-state index contributed by atoms with van der Waals surface area (Å²) in [5.41, 5.74) is 2.13. The van der Waals surface area contributed by atoms with Crippen molar-refractivity contribution in [2.75, 3.05) is 6.61 Å². The van der Waals surface area contributed by atoms with Gasteiger partial charge in [-0.3, -0.25) is 4.79 Å². The number of amides is 1. The van der Waals surface area contributed by atoms with Crippen LogP contribution in [-0.2, 0) is 14.3 Å². The molecule has 5 nitrogen and oxygen atoms in total. The number of nitrogens with one attached hydrogen (secondary N) is 1. The minimum atomic E-state index is -0.791. The standard InChI is InChI=1S/C16H21NO4/c1-10-6-11(2)8-14(7-10)20-9-15(18)21-12(3)16(19)17-13-4-5-13/h6-8,12-13H,4-5,9H2,1-3H3,(H,17,19)/t12-/m1/s1. The minimum Gasteiger partial charge on any atom is -0.482 e. The summed E-state index contributed by atoms with van der Waals surface area (Å²) < 4.78 is 10.4. The zero-order valence-electron chi connectivity index (χ0n) is 12.6. The normalized spacial score (nSPS) is 15.2. The smallest absolute Gasteiger partial charge is 0.344 e. The molecule has 5 heteroatoms. The molecule has 1 aliphatic carbocycles. The van der Waals surface area contributed by atoms with Gasteiger partial charge in [0, 0.05) is 6.04 Å². The molecular weight excluding hydrogens is 270 g/mol. The zero-order valence-corrected chi connectivity index (χ0v) is 12.6. The number of ether oxygens (including phenoxy) is 2. The van der Waals surface area contributed by atoms with Gasteiger partial charge in [-0.1, -0.05) is 6.07 Å². The summed E-state index contributed by atoms with van der Waals surface area (Å²) in [6.45, 7) is 5.28. The van der Waals surface area contributed by atoms with Gasteiger partial charge in [-0.15, -0.1) is 0 Å². The molecule has 1 amide bonds. The van der Waals surface area contributed by atoms with Gasteiger partial charge in [-0.2, -0.15) is 0 Å². The van der Waals surface area contributed by atoms with Crippen LogP contribution < -0.4 is 10.1 Å². The van der Waals surface area contributed by atoms with Gasteiger partial charge in [0.2, 0.25) is 0 Å². The molecule has 114 valence electrons. The number of carbonyl (C=O) groups excluding carboxylic acids is 2. The molecule has 1 aromatic rings. The molecule has 0 aliphatic heterocycles. The Morgan fingerprint density at radius 1 is 1.24 bits per heavy atom. The van der Waals surface area contributed by atoms with Crippen LogP contribution in [0.1, 0.15) is 30.9 Å². The predicted octanol–water partition coefficient (Wildman–Crippen LogP) is 1.89. The summed E-state index contributed by atoms with van der Waals surface area (Å²) in [6, 6.07) is 5.98. The largest absolute Gasteiger partial charge is 0.482 e. The topological polar surface area (TPSA) is 64.6 Å². The fourth-order valence-electron chi connectivity index (χ4n) is 1.99. The molecule has 1 saturated carbocycles. The van der Waals surface area contributed by atoms with Crippen LogP contribution in [0.4, 0.5) is 0 Å². The van der Waals surface area contributed by atoms with E-state index in [1.807, 2.05) is 32.0 Å². The summed E-state index contributed by atoms with van der Waals surface area (Å²) in [6.07, 6.45) is 1.21. The summed E-state index contributed by atoms with van der Waals surface area (Å²) in [7, 11) is 0. The van der Waals surface area contributed by atoms with Gasteiger partial charge in [-0.05, 0) is 56.9 Å². The van der Waals surface area contributed by atoms with Crippen LogP contribution in [-0.4, -0.2) is 30.6 Å². The molecular formula is C16H21NO4. The molecule has 0 bridgehead atoms. The van der Waals surface area contributed by atoms with E-state index in [1.54, 1.807) is 6.92 Å². The highest BCUT2D eigenvalue weighted by atomic mass is 16.6. The molecule has 0 saturated heterocycles. The van der Waals surface area contributed by atoms with Crippen LogP contribution in [0.2, 0.25) is 0 Å². The highest BCUT2D eigenvalue weighted by Gasteiger charge is 2.27. The maximum atomic E-state index is 11.7. The molecule has 0 heterocycles. The van der Waals surface area contributed by atoms with Crippen LogP contribution in [0.5, 0.6) is 5.75 Å². The van der Waals surface area contributed by atoms with E-state index in [-0.39, 0.29) is 18.6 Å². The van der Waals surface area contributed by atoms with E-state index >= 15 is 0 Å². The van der Waals surface area contributed by atoms with Crippen molar-refractivity contribution < 1.29 is 19.1 Å². The van der Waals surface area contributed by atoms with Crippen LogP contribution in [0.3, 0.4) is 0 Å². The number of aryl methyl sites for hydroxylation is 2. The Morgan fingerprint density at radius 3 is 2.43 bits per heavy atom. The molecule has 1 aliphatic rings. The lowest BCUT2D eigenvalue weighted by atomic mass is 10.1. The van der Waals surface area contributed by atoms with Gasteiger partial charge in [0.1, 0.15) is 5.75 Å². The third-order valence-electron chi connectivity index (χ3n) is 3.15. The molecule has 1 atom stereocenters. The lowest BCUT2D eigenvalue weighted by Gasteiger charge is -2.13. The Labute approximate surface area is 124 Å². The minimum absolute atomic E-state index is 0.204. The molecule has 0 aromatic heterocycles. The van der Waals surface area contributed by atoms with Crippen molar-refractivity contribution in [2.45, 2.75) is 45.8 Å². The van der Waals surface area contributed by atoms with Gasteiger partial charge >= 0.3 is 5.97 Å². The first-order valence-electron chi connectivity index (χ1n) is 7.15. The second kappa shape index (κ2) is 6.61. The van der Waals surface area contributed by atoms with Crippen molar-refractivity contribution in [2.24, 2.45) is 0 Å². The fourth-order valence-corrected chi connectivity index (χ4v) is 1.99. The molecule has 0 spiro atoms. The van der Waals surface area contributed by atoms with Gasteiger partial charge in [0.25, 0.3) is 5.91 Å². The maximum absolute atomic E-state index is 11.7. The van der Waals surface area contributed by atoms with E-state index in [0.717, 1.165) is 24.0 Å².